The highest BCUT2D eigenvalue weighted by atomic mass is 35.5. The van der Waals surface area contributed by atoms with Crippen molar-refractivity contribution in [3.63, 3.8) is 0 Å². The molecule has 0 bridgehead atoms. The summed E-state index contributed by atoms with van der Waals surface area (Å²) in [5.74, 6) is 0.610. The van der Waals surface area contributed by atoms with Crippen LogP contribution in [0.15, 0.2) is 41.5 Å². The van der Waals surface area contributed by atoms with Gasteiger partial charge in [-0.2, -0.15) is 5.10 Å². The van der Waals surface area contributed by atoms with Gasteiger partial charge in [0.15, 0.2) is 0 Å². The number of methoxy groups -OCH3 is 1. The standard InChI is InChI=1S/C15H14ClN2O/c1-11-3-6-14(7-4-11)18-17-10-12-9-13(16)5-8-15(12)19-2/h3-7,9-10,18H,1-2H3/b17-10+. The van der Waals surface area contributed by atoms with Crippen molar-refractivity contribution in [1.82, 2.24) is 0 Å². The van der Waals surface area contributed by atoms with Gasteiger partial charge in [0.25, 0.3) is 0 Å². The average Bonchev–Trinajstić information content (AvgIpc) is 2.41. The van der Waals surface area contributed by atoms with Crippen LogP contribution in [-0.2, 0) is 0 Å². The van der Waals surface area contributed by atoms with Crippen LogP contribution < -0.4 is 10.2 Å². The minimum Gasteiger partial charge on any atom is -0.495 e. The average molecular weight is 274 g/mol. The molecule has 0 spiro atoms. The summed E-state index contributed by atoms with van der Waals surface area (Å²) < 4.78 is 5.19. The van der Waals surface area contributed by atoms with Gasteiger partial charge in [-0.3, -0.25) is 5.43 Å². The fourth-order valence-electron chi connectivity index (χ4n) is 1.55. The van der Waals surface area contributed by atoms with Crippen LogP contribution in [0.5, 0.6) is 5.75 Å². The number of hydrogen-bond donors (Lipinski definition) is 1. The number of anilines is 1. The number of hydrogen-bond acceptors (Lipinski definition) is 3. The van der Waals surface area contributed by atoms with Gasteiger partial charge >= 0.3 is 0 Å². The second-order valence-electron chi connectivity index (χ2n) is 4.04. The zero-order valence-electron chi connectivity index (χ0n) is 10.8. The molecule has 1 radical (unpaired) electrons. The van der Waals surface area contributed by atoms with E-state index in [-0.39, 0.29) is 0 Å². The SMILES string of the molecule is COc1[c]cc(Cl)cc1/C=N/Nc1ccc(C)cc1. The van der Waals surface area contributed by atoms with E-state index in [9.17, 15) is 0 Å². The van der Waals surface area contributed by atoms with Gasteiger partial charge in [0.1, 0.15) is 5.75 Å². The largest absolute Gasteiger partial charge is 0.495 e. The van der Waals surface area contributed by atoms with Crippen LogP contribution in [0.2, 0.25) is 5.02 Å². The first-order chi connectivity index (χ1) is 9.19. The van der Waals surface area contributed by atoms with E-state index in [2.05, 4.69) is 16.6 Å². The fraction of sp³-hybridized carbons (Fsp3) is 0.133. The van der Waals surface area contributed by atoms with Gasteiger partial charge in [0.2, 0.25) is 0 Å². The Hall–Kier alpha value is -2.00. The van der Waals surface area contributed by atoms with Crippen LogP contribution in [0.3, 0.4) is 0 Å². The lowest BCUT2D eigenvalue weighted by molar-refractivity contribution is 0.413. The number of nitrogens with one attached hydrogen (secondary N) is 1. The zero-order valence-corrected chi connectivity index (χ0v) is 11.5. The molecule has 0 aliphatic heterocycles. The molecule has 3 nitrogen and oxygen atoms in total. The first kappa shape index (κ1) is 13.4. The Bertz CT molecular complexity index is 579. The van der Waals surface area contributed by atoms with Crippen LogP contribution in [0.1, 0.15) is 11.1 Å². The van der Waals surface area contributed by atoms with E-state index in [0.717, 1.165) is 11.3 Å². The molecule has 2 aromatic carbocycles. The van der Waals surface area contributed by atoms with Gasteiger partial charge in [-0.25, -0.2) is 0 Å². The molecular weight excluding hydrogens is 260 g/mol. The summed E-state index contributed by atoms with van der Waals surface area (Å²) in [4.78, 5) is 0. The Kier molecular flexibility index (Phi) is 4.42. The Labute approximate surface area is 117 Å². The highest BCUT2D eigenvalue weighted by Crippen LogP contribution is 2.20. The van der Waals surface area contributed by atoms with E-state index >= 15 is 0 Å². The predicted molar refractivity (Wildman–Crippen MR) is 79.2 cm³/mol. The summed E-state index contributed by atoms with van der Waals surface area (Å²) in [5.41, 5.74) is 5.85. The quantitative estimate of drug-likeness (QED) is 0.677. The van der Waals surface area contributed by atoms with Gasteiger partial charge in [-0.15, -0.1) is 0 Å². The van der Waals surface area contributed by atoms with Crippen molar-refractivity contribution < 1.29 is 4.74 Å². The molecule has 0 atom stereocenters. The van der Waals surface area contributed by atoms with Crippen LogP contribution in [0, 0.1) is 13.0 Å². The molecule has 2 aromatic rings. The summed E-state index contributed by atoms with van der Waals surface area (Å²) in [6.07, 6.45) is 1.65. The molecule has 0 aliphatic carbocycles. The normalized spacial score (nSPS) is 10.7. The molecule has 0 amide bonds. The van der Waals surface area contributed by atoms with E-state index in [0.29, 0.717) is 10.8 Å². The van der Waals surface area contributed by atoms with Crippen molar-refractivity contribution in [3.8, 4) is 5.75 Å². The molecule has 2 rings (SSSR count). The van der Waals surface area contributed by atoms with E-state index in [1.54, 1.807) is 25.5 Å². The van der Waals surface area contributed by atoms with Crippen molar-refractivity contribution in [2.75, 3.05) is 12.5 Å². The number of ether oxygens (including phenoxy) is 1. The van der Waals surface area contributed by atoms with E-state index in [1.807, 2.05) is 31.2 Å². The third-order valence-electron chi connectivity index (χ3n) is 2.55. The third-order valence-corrected chi connectivity index (χ3v) is 2.77. The minimum absolute atomic E-state index is 0.595. The molecule has 1 N–H and O–H groups in total. The monoisotopic (exact) mass is 273 g/mol. The highest BCUT2D eigenvalue weighted by molar-refractivity contribution is 6.30. The summed E-state index contributed by atoms with van der Waals surface area (Å²) in [6, 6.07) is 14.3. The Morgan fingerprint density at radius 2 is 2.05 bits per heavy atom. The maximum atomic E-state index is 5.92. The number of rotatable bonds is 4. The van der Waals surface area contributed by atoms with Crippen molar-refractivity contribution in [3.05, 3.63) is 58.6 Å². The second kappa shape index (κ2) is 6.25. The Balaban J connectivity index is 2.10. The summed E-state index contributed by atoms with van der Waals surface area (Å²) >= 11 is 5.92. The Morgan fingerprint density at radius 1 is 1.32 bits per heavy atom. The minimum atomic E-state index is 0.595. The molecule has 19 heavy (non-hydrogen) atoms. The van der Waals surface area contributed by atoms with E-state index < -0.39 is 0 Å². The van der Waals surface area contributed by atoms with Crippen LogP contribution >= 0.6 is 11.6 Å². The maximum Gasteiger partial charge on any atom is 0.135 e. The summed E-state index contributed by atoms with van der Waals surface area (Å²) in [5, 5.41) is 4.75. The molecule has 0 unspecified atom stereocenters. The molecule has 0 saturated carbocycles. The lowest BCUT2D eigenvalue weighted by atomic mass is 10.2. The third kappa shape index (κ3) is 3.73. The van der Waals surface area contributed by atoms with Crippen molar-refractivity contribution >= 4 is 23.5 Å². The molecule has 0 heterocycles. The number of benzene rings is 2. The first-order valence-electron chi connectivity index (χ1n) is 5.80. The molecule has 0 aromatic heterocycles. The van der Waals surface area contributed by atoms with Gasteiger partial charge in [-0.1, -0.05) is 29.3 Å². The summed E-state index contributed by atoms with van der Waals surface area (Å²) in [7, 11) is 1.59. The zero-order chi connectivity index (χ0) is 13.7. The smallest absolute Gasteiger partial charge is 0.135 e. The number of nitrogens with zero attached hydrogens (tertiary/aromatic N) is 1. The predicted octanol–water partition coefficient (Wildman–Crippen LogP) is 3.90. The first-order valence-corrected chi connectivity index (χ1v) is 6.18. The number of halogens is 1. The lowest BCUT2D eigenvalue weighted by Crippen LogP contribution is -1.94. The topological polar surface area (TPSA) is 33.6 Å². The summed E-state index contributed by atoms with van der Waals surface area (Å²) in [6.45, 7) is 2.04. The van der Waals surface area contributed by atoms with Gasteiger partial charge in [0, 0.05) is 16.7 Å². The number of hydrazone groups is 1. The van der Waals surface area contributed by atoms with Crippen molar-refractivity contribution in [2.24, 2.45) is 5.10 Å². The number of aryl methyl sites for hydroxylation is 1. The molecule has 0 saturated heterocycles. The van der Waals surface area contributed by atoms with Crippen molar-refractivity contribution in [1.29, 1.82) is 0 Å². The maximum absolute atomic E-state index is 5.92. The van der Waals surface area contributed by atoms with E-state index in [1.165, 1.54) is 5.56 Å². The Morgan fingerprint density at radius 3 is 2.74 bits per heavy atom. The molecule has 4 heteroatoms. The van der Waals surface area contributed by atoms with E-state index in [4.69, 9.17) is 16.3 Å². The fourth-order valence-corrected chi connectivity index (χ4v) is 1.72. The van der Waals surface area contributed by atoms with Crippen LogP contribution in [0.25, 0.3) is 0 Å². The molecule has 0 fully saturated rings. The molecular formula is C15H14ClN2O. The molecule has 97 valence electrons. The van der Waals surface area contributed by atoms with Crippen molar-refractivity contribution in [2.45, 2.75) is 6.92 Å². The van der Waals surface area contributed by atoms with Gasteiger partial charge in [0.05, 0.1) is 19.0 Å². The second-order valence-corrected chi connectivity index (χ2v) is 4.48. The lowest BCUT2D eigenvalue weighted by Gasteiger charge is -2.04. The van der Waals surface area contributed by atoms with Gasteiger partial charge < -0.3 is 4.74 Å². The van der Waals surface area contributed by atoms with Crippen LogP contribution in [-0.4, -0.2) is 13.3 Å². The highest BCUT2D eigenvalue weighted by Gasteiger charge is 2.01. The molecule has 0 aliphatic rings. The van der Waals surface area contributed by atoms with Gasteiger partial charge in [-0.05, 0) is 31.2 Å². The van der Waals surface area contributed by atoms with Crippen LogP contribution in [0.4, 0.5) is 5.69 Å².